The van der Waals surface area contributed by atoms with Crippen LogP contribution in [0, 0.1) is 0 Å². The second kappa shape index (κ2) is 8.71. The van der Waals surface area contributed by atoms with E-state index in [4.69, 9.17) is 11.6 Å². The lowest BCUT2D eigenvalue weighted by Crippen LogP contribution is -2.48. The van der Waals surface area contributed by atoms with E-state index in [-0.39, 0.29) is 23.2 Å². The van der Waals surface area contributed by atoms with Crippen molar-refractivity contribution in [2.24, 2.45) is 0 Å². The van der Waals surface area contributed by atoms with Gasteiger partial charge >= 0.3 is 6.18 Å². The van der Waals surface area contributed by atoms with Gasteiger partial charge in [-0.2, -0.15) is 13.2 Å². The molecular weight excluding hydrogens is 457 g/mol. The zero-order valence-electron chi connectivity index (χ0n) is 16.9. The molecule has 5 nitrogen and oxygen atoms in total. The first-order chi connectivity index (χ1) is 15.7. The molecule has 1 atom stereocenters. The Bertz CT molecular complexity index is 1210. The lowest BCUT2D eigenvalue weighted by Gasteiger charge is -2.26. The Morgan fingerprint density at radius 2 is 1.48 bits per heavy atom. The van der Waals surface area contributed by atoms with E-state index < -0.39 is 40.5 Å². The normalized spacial score (nSPS) is 14.2. The molecule has 0 spiro atoms. The zero-order chi connectivity index (χ0) is 23.8. The van der Waals surface area contributed by atoms with Crippen molar-refractivity contribution in [3.8, 4) is 0 Å². The van der Waals surface area contributed by atoms with Crippen molar-refractivity contribution >= 4 is 35.0 Å². The summed E-state index contributed by atoms with van der Waals surface area (Å²) >= 11 is 5.65. The van der Waals surface area contributed by atoms with E-state index in [0.29, 0.717) is 11.6 Å². The summed E-state index contributed by atoms with van der Waals surface area (Å²) in [4.78, 5) is 40.0. The van der Waals surface area contributed by atoms with E-state index in [1.54, 1.807) is 42.5 Å². The molecule has 168 valence electrons. The molecule has 4 rings (SSSR count). The number of halogens is 4. The van der Waals surface area contributed by atoms with E-state index in [1.165, 1.54) is 18.2 Å². The Kier molecular flexibility index (Phi) is 5.95. The number of hydrogen-bond donors (Lipinski definition) is 1. The summed E-state index contributed by atoms with van der Waals surface area (Å²) in [5.41, 5.74) is -0.270. The van der Waals surface area contributed by atoms with Crippen LogP contribution in [0.2, 0.25) is 5.02 Å². The van der Waals surface area contributed by atoms with Gasteiger partial charge in [-0.05, 0) is 35.9 Å². The molecule has 1 aliphatic heterocycles. The number of alkyl halides is 3. The Morgan fingerprint density at radius 1 is 0.909 bits per heavy atom. The van der Waals surface area contributed by atoms with Crippen LogP contribution in [0.5, 0.6) is 0 Å². The number of nitrogens with zero attached hydrogens (tertiary/aromatic N) is 1. The van der Waals surface area contributed by atoms with Crippen LogP contribution in [-0.2, 0) is 17.4 Å². The first kappa shape index (κ1) is 22.5. The lowest BCUT2D eigenvalue weighted by atomic mass is 10.0. The molecule has 3 amide bonds. The summed E-state index contributed by atoms with van der Waals surface area (Å²) < 4.78 is 39.7. The highest BCUT2D eigenvalue weighted by molar-refractivity contribution is 6.31. The van der Waals surface area contributed by atoms with Crippen molar-refractivity contribution in [1.29, 1.82) is 0 Å². The van der Waals surface area contributed by atoms with Gasteiger partial charge in [0.05, 0.1) is 21.7 Å². The van der Waals surface area contributed by atoms with Gasteiger partial charge in [0.15, 0.2) is 0 Å². The number of amides is 3. The highest BCUT2D eigenvalue weighted by Gasteiger charge is 2.43. The summed E-state index contributed by atoms with van der Waals surface area (Å²) in [6, 6.07) is 16.5. The molecule has 1 heterocycles. The first-order valence-corrected chi connectivity index (χ1v) is 10.2. The minimum atomic E-state index is -4.72. The molecule has 0 saturated heterocycles. The van der Waals surface area contributed by atoms with Crippen LogP contribution in [0.3, 0.4) is 0 Å². The van der Waals surface area contributed by atoms with Crippen molar-refractivity contribution < 1.29 is 27.6 Å². The van der Waals surface area contributed by atoms with E-state index in [0.717, 1.165) is 11.0 Å². The number of hydrogen-bond acceptors (Lipinski definition) is 3. The van der Waals surface area contributed by atoms with Gasteiger partial charge in [0.2, 0.25) is 5.91 Å². The number of rotatable bonds is 5. The van der Waals surface area contributed by atoms with E-state index in [2.05, 4.69) is 5.32 Å². The fraction of sp³-hybridized carbons (Fsp3) is 0.125. The molecule has 0 bridgehead atoms. The number of anilines is 1. The first-order valence-electron chi connectivity index (χ1n) is 9.85. The zero-order valence-corrected chi connectivity index (χ0v) is 17.7. The predicted octanol–water partition coefficient (Wildman–Crippen LogP) is 5.20. The third kappa shape index (κ3) is 4.47. The number of carbonyl (C=O) groups excluding carboxylic acids is 3. The summed E-state index contributed by atoms with van der Waals surface area (Å²) in [5.74, 6) is -2.08. The predicted molar refractivity (Wildman–Crippen MR) is 116 cm³/mol. The highest BCUT2D eigenvalue weighted by atomic mass is 35.5. The van der Waals surface area contributed by atoms with Crippen molar-refractivity contribution in [1.82, 2.24) is 4.90 Å². The molecule has 33 heavy (non-hydrogen) atoms. The smallest absolute Gasteiger partial charge is 0.324 e. The number of carbonyl (C=O) groups is 3. The second-order valence-electron chi connectivity index (χ2n) is 7.41. The lowest BCUT2D eigenvalue weighted by molar-refractivity contribution is -0.137. The number of imide groups is 1. The molecule has 0 unspecified atom stereocenters. The van der Waals surface area contributed by atoms with Gasteiger partial charge in [0.25, 0.3) is 11.8 Å². The van der Waals surface area contributed by atoms with E-state index in [1.807, 2.05) is 0 Å². The molecule has 9 heteroatoms. The SMILES string of the molecule is O=C(Nc1ccc(Cl)c(C(F)(F)F)c1)[C@H](Cc1ccccc1)N1C(=O)c2ccccc2C1=O. The van der Waals surface area contributed by atoms with Crippen LogP contribution in [0.15, 0.2) is 72.8 Å². The number of benzene rings is 3. The van der Waals surface area contributed by atoms with Gasteiger partial charge in [0, 0.05) is 12.1 Å². The minimum absolute atomic E-state index is 0.0160. The molecule has 1 aliphatic rings. The van der Waals surface area contributed by atoms with E-state index >= 15 is 0 Å². The monoisotopic (exact) mass is 472 g/mol. The molecule has 3 aromatic carbocycles. The summed E-state index contributed by atoms with van der Waals surface area (Å²) in [5, 5.41) is 1.89. The maximum Gasteiger partial charge on any atom is 0.417 e. The van der Waals surface area contributed by atoms with Crippen molar-refractivity contribution in [3.63, 3.8) is 0 Å². The fourth-order valence-electron chi connectivity index (χ4n) is 3.68. The molecular formula is C24H16ClF3N2O3. The Hall–Kier alpha value is -3.65. The van der Waals surface area contributed by atoms with E-state index in [9.17, 15) is 27.6 Å². The van der Waals surface area contributed by atoms with Crippen LogP contribution in [-0.4, -0.2) is 28.7 Å². The second-order valence-corrected chi connectivity index (χ2v) is 7.82. The molecule has 0 aliphatic carbocycles. The molecule has 1 N–H and O–H groups in total. The topological polar surface area (TPSA) is 66.5 Å². The average molecular weight is 473 g/mol. The van der Waals surface area contributed by atoms with Gasteiger partial charge in [-0.25, -0.2) is 0 Å². The Labute approximate surface area is 191 Å². The maximum absolute atomic E-state index is 13.2. The van der Waals surface area contributed by atoms with Gasteiger partial charge in [-0.1, -0.05) is 54.1 Å². The maximum atomic E-state index is 13.2. The Balaban J connectivity index is 1.68. The minimum Gasteiger partial charge on any atom is -0.324 e. The molecule has 0 saturated carbocycles. The molecule has 0 fully saturated rings. The molecule has 0 radical (unpaired) electrons. The standard InChI is InChI=1S/C24H16ClF3N2O3/c25-19-11-10-15(13-18(19)24(26,27)28)29-21(31)20(12-14-6-2-1-3-7-14)30-22(32)16-8-4-5-9-17(16)23(30)33/h1-11,13,20H,12H2,(H,29,31)/t20-/m0/s1. The van der Waals surface area contributed by atoms with Crippen LogP contribution in [0.1, 0.15) is 31.8 Å². The van der Waals surface area contributed by atoms with Crippen molar-refractivity contribution in [2.75, 3.05) is 5.32 Å². The third-order valence-corrected chi connectivity index (χ3v) is 5.58. The van der Waals surface area contributed by atoms with Gasteiger partial charge in [0.1, 0.15) is 6.04 Å². The Morgan fingerprint density at radius 3 is 2.06 bits per heavy atom. The third-order valence-electron chi connectivity index (χ3n) is 5.25. The summed E-state index contributed by atoms with van der Waals surface area (Å²) in [6.07, 6.45) is -4.73. The van der Waals surface area contributed by atoms with Gasteiger partial charge in [-0.15, -0.1) is 0 Å². The van der Waals surface area contributed by atoms with Crippen LogP contribution >= 0.6 is 11.6 Å². The van der Waals surface area contributed by atoms with Gasteiger partial charge < -0.3 is 5.32 Å². The van der Waals surface area contributed by atoms with Crippen molar-refractivity contribution in [3.05, 3.63) is 100 Å². The average Bonchev–Trinajstić information content (AvgIpc) is 3.03. The van der Waals surface area contributed by atoms with Crippen LogP contribution in [0.25, 0.3) is 0 Å². The largest absolute Gasteiger partial charge is 0.417 e. The molecule has 3 aromatic rings. The quantitative estimate of drug-likeness (QED) is 0.519. The van der Waals surface area contributed by atoms with Gasteiger partial charge in [-0.3, -0.25) is 19.3 Å². The summed E-state index contributed by atoms with van der Waals surface area (Å²) in [7, 11) is 0. The van der Waals surface area contributed by atoms with Crippen LogP contribution < -0.4 is 5.32 Å². The summed E-state index contributed by atoms with van der Waals surface area (Å²) in [6.45, 7) is 0. The molecule has 0 aromatic heterocycles. The van der Waals surface area contributed by atoms with Crippen molar-refractivity contribution in [2.45, 2.75) is 18.6 Å². The van der Waals surface area contributed by atoms with Crippen LogP contribution in [0.4, 0.5) is 18.9 Å². The number of nitrogens with one attached hydrogen (secondary N) is 1. The fourth-order valence-corrected chi connectivity index (χ4v) is 3.90. The number of fused-ring (bicyclic) bond motifs is 1. The highest BCUT2D eigenvalue weighted by Crippen LogP contribution is 2.36.